The van der Waals surface area contributed by atoms with Crippen molar-refractivity contribution in [2.75, 3.05) is 13.7 Å². The maximum absolute atomic E-state index is 13.5. The minimum absolute atomic E-state index is 0.140. The van der Waals surface area contributed by atoms with Crippen molar-refractivity contribution in [2.45, 2.75) is 74.6 Å². The summed E-state index contributed by atoms with van der Waals surface area (Å²) in [5, 5.41) is 15.5. The van der Waals surface area contributed by atoms with Crippen LogP contribution in [0.25, 0.3) is 0 Å². The molecule has 3 fully saturated rings. The van der Waals surface area contributed by atoms with E-state index in [0.717, 1.165) is 12.8 Å². The highest BCUT2D eigenvalue weighted by Crippen LogP contribution is 2.71. The molecule has 3 aliphatic heterocycles. The normalized spacial score (nSPS) is 38.7. The van der Waals surface area contributed by atoms with Crippen molar-refractivity contribution < 1.29 is 19.5 Å². The second-order valence-corrected chi connectivity index (χ2v) is 11.3. The number of rotatable bonds is 4. The Morgan fingerprint density at radius 1 is 1.33 bits per heavy atom. The first kappa shape index (κ1) is 20.5. The molecule has 2 bridgehead atoms. The molecule has 0 radical (unpaired) electrons. The third kappa shape index (κ3) is 2.87. The van der Waals surface area contributed by atoms with Gasteiger partial charge in [-0.2, -0.15) is 0 Å². The Labute approximate surface area is 165 Å². The Kier molecular flexibility index (Phi) is 4.83. The van der Waals surface area contributed by atoms with Gasteiger partial charge in [-0.05, 0) is 47.5 Å². The van der Waals surface area contributed by atoms with Crippen molar-refractivity contribution in [1.82, 2.24) is 15.5 Å². The number of nitrogens with zero attached hydrogens (tertiary/aromatic N) is 1. The fourth-order valence-corrected chi connectivity index (χ4v) is 7.56. The van der Waals surface area contributed by atoms with Crippen LogP contribution < -0.4 is 10.6 Å². The van der Waals surface area contributed by atoms with Gasteiger partial charge in [0.25, 0.3) is 0 Å². The lowest BCUT2D eigenvalue weighted by molar-refractivity contribution is -0.143. The third-order valence-electron chi connectivity index (χ3n) is 6.23. The molecule has 0 aliphatic carbocycles. The molecule has 3 heterocycles. The summed E-state index contributed by atoms with van der Waals surface area (Å²) in [5.41, 5.74) is -0.436. The molecule has 6 atom stereocenters. The first-order valence-corrected chi connectivity index (χ1v) is 10.4. The number of nitrogens with one attached hydrogen (secondary N) is 2. The minimum atomic E-state index is -0.683. The van der Waals surface area contributed by atoms with Gasteiger partial charge < -0.3 is 20.6 Å². The number of amides is 3. The summed E-state index contributed by atoms with van der Waals surface area (Å²) < 4.78 is -0.975. The van der Waals surface area contributed by atoms with Gasteiger partial charge in [0.05, 0.1) is 29.2 Å². The summed E-state index contributed by atoms with van der Waals surface area (Å²) in [4.78, 5) is 41.0. The average molecular weight is 398 g/mol. The lowest BCUT2D eigenvalue weighted by Crippen LogP contribution is -2.58. The minimum Gasteiger partial charge on any atom is -0.394 e. The quantitative estimate of drug-likeness (QED) is 0.642. The summed E-state index contributed by atoms with van der Waals surface area (Å²) >= 11 is 1.64. The van der Waals surface area contributed by atoms with E-state index in [2.05, 4.69) is 10.6 Å². The number of aliphatic hydroxyl groups is 1. The molecule has 0 aromatic heterocycles. The number of thioether (sulfide) groups is 1. The van der Waals surface area contributed by atoms with Gasteiger partial charge in [0.15, 0.2) is 0 Å². The number of carbonyl (C=O) groups is 3. The van der Waals surface area contributed by atoms with E-state index in [-0.39, 0.29) is 29.1 Å². The van der Waals surface area contributed by atoms with Gasteiger partial charge in [0.2, 0.25) is 17.7 Å². The molecular weight excluding hydrogens is 366 g/mol. The Morgan fingerprint density at radius 2 is 1.96 bits per heavy atom. The van der Waals surface area contributed by atoms with Crippen LogP contribution in [0.15, 0.2) is 0 Å². The number of likely N-dealkylation sites (tertiary alicyclic amines) is 1. The van der Waals surface area contributed by atoms with Gasteiger partial charge in [-0.25, -0.2) is 0 Å². The smallest absolute Gasteiger partial charge is 0.244 e. The molecule has 27 heavy (non-hydrogen) atoms. The molecule has 3 N–H and O–H groups in total. The molecule has 2 unspecified atom stereocenters. The van der Waals surface area contributed by atoms with E-state index in [4.69, 9.17) is 0 Å². The van der Waals surface area contributed by atoms with Crippen LogP contribution in [0.1, 0.15) is 47.5 Å². The monoisotopic (exact) mass is 397 g/mol. The van der Waals surface area contributed by atoms with E-state index in [1.807, 2.05) is 27.7 Å². The van der Waals surface area contributed by atoms with E-state index in [1.165, 1.54) is 0 Å². The molecule has 1 spiro atoms. The zero-order chi connectivity index (χ0) is 20.4. The van der Waals surface area contributed by atoms with Crippen molar-refractivity contribution in [2.24, 2.45) is 11.8 Å². The highest BCUT2D eigenvalue weighted by molar-refractivity contribution is 8.02. The summed E-state index contributed by atoms with van der Waals surface area (Å²) in [6.07, 6.45) is 1.51. The third-order valence-corrected chi connectivity index (χ3v) is 8.21. The zero-order valence-electron chi connectivity index (χ0n) is 17.0. The average Bonchev–Trinajstić information content (AvgIpc) is 3.13. The number of carbonyl (C=O) groups excluding carboxylic acids is 3. The fraction of sp³-hybridized carbons (Fsp3) is 0.842. The molecule has 0 aromatic rings. The highest BCUT2D eigenvalue weighted by Gasteiger charge is 2.77. The van der Waals surface area contributed by atoms with Gasteiger partial charge in [0, 0.05) is 17.3 Å². The molecule has 3 amide bonds. The second-order valence-electron chi connectivity index (χ2n) is 9.36. The van der Waals surface area contributed by atoms with E-state index < -0.39 is 34.2 Å². The van der Waals surface area contributed by atoms with E-state index in [0.29, 0.717) is 0 Å². The maximum Gasteiger partial charge on any atom is 0.244 e. The van der Waals surface area contributed by atoms with Crippen LogP contribution in [0, 0.1) is 11.8 Å². The second kappa shape index (κ2) is 6.37. The Balaban J connectivity index is 2.10. The molecule has 0 saturated carbocycles. The van der Waals surface area contributed by atoms with Gasteiger partial charge >= 0.3 is 0 Å². The van der Waals surface area contributed by atoms with Crippen LogP contribution in [-0.4, -0.2) is 68.5 Å². The van der Waals surface area contributed by atoms with Crippen molar-refractivity contribution in [1.29, 1.82) is 0 Å². The molecule has 8 heteroatoms. The zero-order valence-corrected chi connectivity index (χ0v) is 17.8. The highest BCUT2D eigenvalue weighted by atomic mass is 32.2. The molecule has 3 saturated heterocycles. The van der Waals surface area contributed by atoms with Crippen LogP contribution in [0.5, 0.6) is 0 Å². The van der Waals surface area contributed by atoms with Crippen LogP contribution in [0.2, 0.25) is 0 Å². The number of hydrogen-bond acceptors (Lipinski definition) is 5. The summed E-state index contributed by atoms with van der Waals surface area (Å²) in [7, 11) is 1.59. The largest absolute Gasteiger partial charge is 0.394 e. The molecule has 0 aromatic carbocycles. The Bertz CT molecular complexity index is 678. The lowest BCUT2D eigenvalue weighted by atomic mass is 9.66. The molecule has 3 aliphatic rings. The van der Waals surface area contributed by atoms with Crippen LogP contribution in [0.4, 0.5) is 0 Å². The summed E-state index contributed by atoms with van der Waals surface area (Å²) in [6.45, 7) is 9.29. The fourth-order valence-electron chi connectivity index (χ4n) is 5.22. The van der Waals surface area contributed by atoms with Gasteiger partial charge in [-0.3, -0.25) is 14.4 Å². The lowest BCUT2D eigenvalue weighted by Gasteiger charge is -2.37. The van der Waals surface area contributed by atoms with Crippen molar-refractivity contribution in [3.8, 4) is 0 Å². The molecular formula is C19H31N3O4S. The summed E-state index contributed by atoms with van der Waals surface area (Å²) in [6, 6.07) is -1.16. The number of aliphatic hydroxyl groups excluding tert-OH is 1. The van der Waals surface area contributed by atoms with Gasteiger partial charge in [-0.1, -0.05) is 0 Å². The maximum atomic E-state index is 13.5. The Morgan fingerprint density at radius 3 is 2.48 bits per heavy atom. The predicted molar refractivity (Wildman–Crippen MR) is 104 cm³/mol. The van der Waals surface area contributed by atoms with Crippen molar-refractivity contribution in [3.05, 3.63) is 0 Å². The standard InChI is InChI=1S/C19H31N3O4S/c1-10(9-23)22-13(15(25)21-17(2,3)4)19-8-7-18(5,27-19)11(14(24)20-6)12(19)16(22)26/h10-13,23H,7-9H2,1-6H3,(H,20,24)(H,21,25)/t10-,11-,12+,13?,18+,19?/m1/s1. The van der Waals surface area contributed by atoms with E-state index in [9.17, 15) is 19.5 Å². The topological polar surface area (TPSA) is 98.7 Å². The Hall–Kier alpha value is -1.28. The van der Waals surface area contributed by atoms with Crippen molar-refractivity contribution in [3.63, 3.8) is 0 Å². The SMILES string of the molecule is CNC(=O)[C@H]1[C@H]2C(=O)N([C@H](C)CO)C(C(=O)NC(C)(C)C)C23CC[C@]1(C)S3. The number of hydrogen-bond donors (Lipinski definition) is 3. The first-order chi connectivity index (χ1) is 12.4. The summed E-state index contributed by atoms with van der Waals surface area (Å²) in [5.74, 6) is -1.53. The van der Waals surface area contributed by atoms with Crippen LogP contribution in [-0.2, 0) is 14.4 Å². The molecule has 3 rings (SSSR count). The first-order valence-electron chi connectivity index (χ1n) is 9.58. The molecule has 7 nitrogen and oxygen atoms in total. The number of fused-ring (bicyclic) bond motifs is 1. The van der Waals surface area contributed by atoms with Crippen LogP contribution >= 0.6 is 11.8 Å². The van der Waals surface area contributed by atoms with Gasteiger partial charge in [-0.15, -0.1) is 11.8 Å². The molecule has 152 valence electrons. The van der Waals surface area contributed by atoms with Gasteiger partial charge in [0.1, 0.15) is 6.04 Å². The van der Waals surface area contributed by atoms with Crippen LogP contribution in [0.3, 0.4) is 0 Å². The van der Waals surface area contributed by atoms with E-state index >= 15 is 0 Å². The van der Waals surface area contributed by atoms with Crippen molar-refractivity contribution >= 4 is 29.5 Å². The predicted octanol–water partition coefficient (Wildman–Crippen LogP) is 0.509. The van der Waals surface area contributed by atoms with E-state index in [1.54, 1.807) is 30.6 Å².